The van der Waals surface area contributed by atoms with Gasteiger partial charge in [-0.05, 0) is 29.8 Å². The van der Waals surface area contributed by atoms with Crippen molar-refractivity contribution in [2.24, 2.45) is 7.05 Å². The van der Waals surface area contributed by atoms with Crippen LogP contribution in [0.3, 0.4) is 0 Å². The molecule has 3 aromatic rings. The average Bonchev–Trinajstić information content (AvgIpc) is 2.98. The molecule has 1 aliphatic heterocycles. The zero-order valence-electron chi connectivity index (χ0n) is 15.8. The number of nitrogens with zero attached hydrogens (tertiary/aromatic N) is 4. The molecule has 1 aromatic carbocycles. The standard InChI is InChI=1S/C20H23N5O3/c1-23-16-4-2-3-5-17(16)25(20(23)27)14-19(26)22-13-15-6-7-21-18(12-15)24-8-10-28-11-9-24/h2-7,12H,8-11,13-14H2,1H3,(H,22,26). The Morgan fingerprint density at radius 2 is 1.93 bits per heavy atom. The van der Waals surface area contributed by atoms with Crippen molar-refractivity contribution in [3.05, 3.63) is 58.6 Å². The lowest BCUT2D eigenvalue weighted by atomic mass is 10.2. The minimum absolute atomic E-state index is 0.0123. The normalized spacial score (nSPS) is 14.4. The number of amides is 1. The molecule has 2 aromatic heterocycles. The van der Waals surface area contributed by atoms with Gasteiger partial charge in [-0.25, -0.2) is 9.78 Å². The van der Waals surface area contributed by atoms with Crippen molar-refractivity contribution in [3.8, 4) is 0 Å². The molecule has 146 valence electrons. The van der Waals surface area contributed by atoms with E-state index < -0.39 is 0 Å². The molecule has 1 amide bonds. The molecular formula is C20H23N5O3. The summed E-state index contributed by atoms with van der Waals surface area (Å²) < 4.78 is 8.42. The molecule has 0 unspecified atom stereocenters. The fourth-order valence-corrected chi connectivity index (χ4v) is 3.45. The third-order valence-electron chi connectivity index (χ3n) is 4.99. The second-order valence-electron chi connectivity index (χ2n) is 6.81. The van der Waals surface area contributed by atoms with Crippen LogP contribution in [0.5, 0.6) is 0 Å². The Balaban J connectivity index is 1.43. The number of imidazole rings is 1. The number of benzene rings is 1. The Morgan fingerprint density at radius 3 is 2.71 bits per heavy atom. The molecule has 0 saturated carbocycles. The summed E-state index contributed by atoms with van der Waals surface area (Å²) in [4.78, 5) is 31.5. The van der Waals surface area contributed by atoms with Crippen LogP contribution >= 0.6 is 0 Å². The molecule has 4 rings (SSSR count). The summed E-state index contributed by atoms with van der Waals surface area (Å²) in [5, 5.41) is 2.90. The van der Waals surface area contributed by atoms with Gasteiger partial charge in [-0.3, -0.25) is 13.9 Å². The van der Waals surface area contributed by atoms with Gasteiger partial charge < -0.3 is 15.0 Å². The van der Waals surface area contributed by atoms with Crippen LogP contribution < -0.4 is 15.9 Å². The first-order chi connectivity index (χ1) is 13.6. The van der Waals surface area contributed by atoms with Crippen molar-refractivity contribution >= 4 is 22.8 Å². The topological polar surface area (TPSA) is 81.4 Å². The lowest BCUT2D eigenvalue weighted by molar-refractivity contribution is -0.121. The molecule has 1 N–H and O–H groups in total. The Labute approximate surface area is 162 Å². The van der Waals surface area contributed by atoms with Crippen LogP contribution in [0.2, 0.25) is 0 Å². The van der Waals surface area contributed by atoms with E-state index in [1.165, 1.54) is 4.57 Å². The van der Waals surface area contributed by atoms with Gasteiger partial charge in [-0.15, -0.1) is 0 Å². The first kappa shape index (κ1) is 18.2. The highest BCUT2D eigenvalue weighted by Gasteiger charge is 2.14. The highest BCUT2D eigenvalue weighted by molar-refractivity contribution is 5.80. The zero-order chi connectivity index (χ0) is 19.5. The Hall–Kier alpha value is -3.13. The summed E-state index contributed by atoms with van der Waals surface area (Å²) in [7, 11) is 1.71. The molecule has 8 heteroatoms. The van der Waals surface area contributed by atoms with Crippen LogP contribution in [0, 0.1) is 0 Å². The number of para-hydroxylation sites is 2. The largest absolute Gasteiger partial charge is 0.378 e. The highest BCUT2D eigenvalue weighted by atomic mass is 16.5. The molecule has 8 nitrogen and oxygen atoms in total. The van der Waals surface area contributed by atoms with Crippen molar-refractivity contribution in [3.63, 3.8) is 0 Å². The van der Waals surface area contributed by atoms with Crippen molar-refractivity contribution < 1.29 is 9.53 Å². The maximum Gasteiger partial charge on any atom is 0.329 e. The molecule has 0 bridgehead atoms. The second-order valence-corrected chi connectivity index (χ2v) is 6.81. The van der Waals surface area contributed by atoms with Crippen molar-refractivity contribution in [2.45, 2.75) is 13.1 Å². The first-order valence-electron chi connectivity index (χ1n) is 9.32. The van der Waals surface area contributed by atoms with Crippen LogP contribution in [0.4, 0.5) is 5.82 Å². The van der Waals surface area contributed by atoms with E-state index in [-0.39, 0.29) is 18.1 Å². The molecule has 1 fully saturated rings. The third-order valence-corrected chi connectivity index (χ3v) is 4.99. The van der Waals surface area contributed by atoms with Crippen molar-refractivity contribution in [2.75, 3.05) is 31.2 Å². The summed E-state index contributed by atoms with van der Waals surface area (Å²) in [5.74, 6) is 0.684. The summed E-state index contributed by atoms with van der Waals surface area (Å²) >= 11 is 0. The van der Waals surface area contributed by atoms with Gasteiger partial charge in [-0.1, -0.05) is 12.1 Å². The number of carbonyl (C=O) groups is 1. The number of carbonyl (C=O) groups excluding carboxylic acids is 1. The van der Waals surface area contributed by atoms with Crippen LogP contribution in [0.15, 0.2) is 47.4 Å². The van der Waals surface area contributed by atoms with Crippen molar-refractivity contribution in [1.29, 1.82) is 0 Å². The maximum atomic E-state index is 12.5. The summed E-state index contributed by atoms with van der Waals surface area (Å²) in [5.41, 5.74) is 2.33. The van der Waals surface area contributed by atoms with Crippen LogP contribution in [0.25, 0.3) is 11.0 Å². The van der Waals surface area contributed by atoms with E-state index in [1.54, 1.807) is 17.8 Å². The van der Waals surface area contributed by atoms with E-state index in [0.29, 0.717) is 19.8 Å². The number of pyridine rings is 1. The Bertz CT molecular complexity index is 1050. The molecule has 0 aliphatic carbocycles. The SMILES string of the molecule is Cn1c(=O)n(CC(=O)NCc2ccnc(N3CCOCC3)c2)c2ccccc21. The van der Waals surface area contributed by atoms with E-state index >= 15 is 0 Å². The number of morpholine rings is 1. The predicted octanol–water partition coefficient (Wildman–Crippen LogP) is 0.888. The summed E-state index contributed by atoms with van der Waals surface area (Å²) in [6.45, 7) is 3.39. The highest BCUT2D eigenvalue weighted by Crippen LogP contribution is 2.14. The number of aryl methyl sites for hydroxylation is 1. The quantitative estimate of drug-likeness (QED) is 0.710. The van der Waals surface area contributed by atoms with Crippen LogP contribution in [0.1, 0.15) is 5.56 Å². The van der Waals surface area contributed by atoms with Gasteiger partial charge in [0.25, 0.3) is 0 Å². The van der Waals surface area contributed by atoms with Crippen LogP contribution in [-0.2, 0) is 29.7 Å². The number of aromatic nitrogens is 3. The molecule has 1 aliphatic rings. The van der Waals surface area contributed by atoms with Gasteiger partial charge in [-0.2, -0.15) is 0 Å². The fraction of sp³-hybridized carbons (Fsp3) is 0.350. The predicted molar refractivity (Wildman–Crippen MR) is 106 cm³/mol. The smallest absolute Gasteiger partial charge is 0.329 e. The fourth-order valence-electron chi connectivity index (χ4n) is 3.45. The Kier molecular flexibility index (Phi) is 5.12. The van der Waals surface area contributed by atoms with E-state index in [0.717, 1.165) is 35.5 Å². The molecule has 0 atom stereocenters. The molecule has 1 saturated heterocycles. The zero-order valence-corrected chi connectivity index (χ0v) is 15.8. The lowest BCUT2D eigenvalue weighted by Crippen LogP contribution is -2.36. The average molecular weight is 381 g/mol. The molecule has 28 heavy (non-hydrogen) atoms. The minimum Gasteiger partial charge on any atom is -0.378 e. The summed E-state index contributed by atoms with van der Waals surface area (Å²) in [6.07, 6.45) is 1.75. The maximum absolute atomic E-state index is 12.5. The van der Waals surface area contributed by atoms with Gasteiger partial charge in [0.05, 0.1) is 24.2 Å². The first-order valence-corrected chi connectivity index (χ1v) is 9.32. The van der Waals surface area contributed by atoms with Gasteiger partial charge in [0.1, 0.15) is 12.4 Å². The number of ether oxygens (including phenoxy) is 1. The molecule has 0 radical (unpaired) electrons. The monoisotopic (exact) mass is 381 g/mol. The number of nitrogens with one attached hydrogen (secondary N) is 1. The van der Waals surface area contributed by atoms with E-state index in [9.17, 15) is 9.59 Å². The lowest BCUT2D eigenvalue weighted by Gasteiger charge is -2.28. The number of hydrogen-bond acceptors (Lipinski definition) is 5. The number of fused-ring (bicyclic) bond motifs is 1. The molecular weight excluding hydrogens is 358 g/mol. The number of rotatable bonds is 5. The van der Waals surface area contributed by atoms with Gasteiger partial charge in [0, 0.05) is 32.9 Å². The van der Waals surface area contributed by atoms with E-state index in [1.807, 2.05) is 36.4 Å². The van der Waals surface area contributed by atoms with Crippen LogP contribution in [-0.4, -0.2) is 46.3 Å². The van der Waals surface area contributed by atoms with Crippen molar-refractivity contribution in [1.82, 2.24) is 19.4 Å². The van der Waals surface area contributed by atoms with Gasteiger partial charge >= 0.3 is 5.69 Å². The molecule has 3 heterocycles. The molecule has 0 spiro atoms. The van der Waals surface area contributed by atoms with Gasteiger partial charge in [0.15, 0.2) is 0 Å². The van der Waals surface area contributed by atoms with E-state index in [2.05, 4.69) is 15.2 Å². The Morgan fingerprint density at radius 1 is 1.18 bits per heavy atom. The minimum atomic E-state index is -0.205. The number of anilines is 1. The second kappa shape index (κ2) is 7.85. The van der Waals surface area contributed by atoms with Gasteiger partial charge in [0.2, 0.25) is 5.91 Å². The summed E-state index contributed by atoms with van der Waals surface area (Å²) in [6, 6.07) is 11.3. The number of hydrogen-bond donors (Lipinski definition) is 1. The van der Waals surface area contributed by atoms with E-state index in [4.69, 9.17) is 4.74 Å². The third kappa shape index (κ3) is 3.63.